The Labute approximate surface area is 157 Å². The van der Waals surface area contributed by atoms with E-state index in [1.54, 1.807) is 10.8 Å². The number of anilines is 1. The molecule has 0 aliphatic heterocycles. The van der Waals surface area contributed by atoms with Gasteiger partial charge >= 0.3 is 0 Å². The number of hydrogen-bond donors (Lipinski definition) is 2. The maximum absolute atomic E-state index is 12.2. The minimum atomic E-state index is 0.0748. The van der Waals surface area contributed by atoms with Crippen molar-refractivity contribution < 1.29 is 9.21 Å². The Morgan fingerprint density at radius 1 is 1.19 bits per heavy atom. The summed E-state index contributed by atoms with van der Waals surface area (Å²) in [6.45, 7) is 0.548. The van der Waals surface area contributed by atoms with Crippen LogP contribution in [0.3, 0.4) is 0 Å². The van der Waals surface area contributed by atoms with Crippen LogP contribution < -0.4 is 10.6 Å². The largest absolute Gasteiger partial charge is 0.467 e. The molecular formula is C19H24N6O2. The smallest absolute Gasteiger partial charge is 0.220 e. The number of amides is 1. The number of carbonyl (C=O) groups is 1. The Kier molecular flexibility index (Phi) is 5.32. The molecule has 1 aliphatic rings. The van der Waals surface area contributed by atoms with Crippen molar-refractivity contribution in [2.75, 3.05) is 5.32 Å². The van der Waals surface area contributed by atoms with E-state index in [1.807, 2.05) is 24.3 Å². The van der Waals surface area contributed by atoms with Crippen molar-refractivity contribution in [2.45, 2.75) is 57.5 Å². The van der Waals surface area contributed by atoms with Gasteiger partial charge in [-0.25, -0.2) is 0 Å². The Bertz CT molecular complexity index is 883. The van der Waals surface area contributed by atoms with E-state index >= 15 is 0 Å². The fraction of sp³-hybridized carbons (Fsp3) is 0.474. The molecule has 0 radical (unpaired) electrons. The van der Waals surface area contributed by atoms with Crippen LogP contribution in [0, 0.1) is 0 Å². The Morgan fingerprint density at radius 3 is 2.89 bits per heavy atom. The van der Waals surface area contributed by atoms with E-state index in [0.29, 0.717) is 42.7 Å². The number of nitrogens with zero attached hydrogens (tertiary/aromatic N) is 4. The SMILES string of the molecule is O=C(CCc1nnc2ccc(NCc3ccco3)nn12)NC1CCCCC1. The van der Waals surface area contributed by atoms with E-state index in [0.717, 1.165) is 18.6 Å². The number of furan rings is 1. The molecule has 1 saturated carbocycles. The topological polar surface area (TPSA) is 97.4 Å². The molecular weight excluding hydrogens is 344 g/mol. The summed E-state index contributed by atoms with van der Waals surface area (Å²) in [5.41, 5.74) is 0.668. The summed E-state index contributed by atoms with van der Waals surface area (Å²) in [5, 5.41) is 19.2. The molecule has 0 saturated heterocycles. The number of rotatable bonds is 7. The maximum atomic E-state index is 12.2. The standard InChI is InChI=1S/C19H24N6O2/c26-19(21-14-5-2-1-3-6-14)11-10-18-23-22-17-9-8-16(24-25(17)18)20-13-15-7-4-12-27-15/h4,7-9,12,14H,1-3,5-6,10-11,13H2,(H,20,24)(H,21,26). The monoisotopic (exact) mass is 368 g/mol. The van der Waals surface area contributed by atoms with Crippen molar-refractivity contribution in [3.63, 3.8) is 0 Å². The van der Waals surface area contributed by atoms with E-state index in [2.05, 4.69) is 25.9 Å². The Hall–Kier alpha value is -2.90. The quantitative estimate of drug-likeness (QED) is 0.665. The first-order valence-electron chi connectivity index (χ1n) is 9.55. The third kappa shape index (κ3) is 4.45. The summed E-state index contributed by atoms with van der Waals surface area (Å²) in [6, 6.07) is 7.80. The molecule has 8 nitrogen and oxygen atoms in total. The predicted molar refractivity (Wildman–Crippen MR) is 100 cm³/mol. The predicted octanol–water partition coefficient (Wildman–Crippen LogP) is 2.71. The summed E-state index contributed by atoms with van der Waals surface area (Å²) in [7, 11) is 0. The lowest BCUT2D eigenvalue weighted by Crippen LogP contribution is -2.36. The van der Waals surface area contributed by atoms with Crippen molar-refractivity contribution in [3.05, 3.63) is 42.1 Å². The first kappa shape index (κ1) is 17.5. The molecule has 2 N–H and O–H groups in total. The highest BCUT2D eigenvalue weighted by molar-refractivity contribution is 5.76. The zero-order valence-electron chi connectivity index (χ0n) is 15.2. The lowest BCUT2D eigenvalue weighted by molar-refractivity contribution is -0.122. The van der Waals surface area contributed by atoms with E-state index in [4.69, 9.17) is 4.42 Å². The summed E-state index contributed by atoms with van der Waals surface area (Å²) >= 11 is 0. The highest BCUT2D eigenvalue weighted by Crippen LogP contribution is 2.17. The molecule has 27 heavy (non-hydrogen) atoms. The second kappa shape index (κ2) is 8.20. The van der Waals surface area contributed by atoms with E-state index in [1.165, 1.54) is 19.3 Å². The van der Waals surface area contributed by atoms with Gasteiger partial charge in [0.05, 0.1) is 12.8 Å². The van der Waals surface area contributed by atoms with Crippen LogP contribution in [0.25, 0.3) is 5.65 Å². The van der Waals surface area contributed by atoms with Crippen molar-refractivity contribution >= 4 is 17.4 Å². The van der Waals surface area contributed by atoms with Gasteiger partial charge in [0.2, 0.25) is 5.91 Å². The molecule has 142 valence electrons. The van der Waals surface area contributed by atoms with Crippen molar-refractivity contribution in [1.29, 1.82) is 0 Å². The zero-order valence-corrected chi connectivity index (χ0v) is 15.2. The second-order valence-corrected chi connectivity index (χ2v) is 6.94. The van der Waals surface area contributed by atoms with Crippen LogP contribution in [0.1, 0.15) is 50.1 Å². The molecule has 0 aromatic carbocycles. The fourth-order valence-corrected chi connectivity index (χ4v) is 3.45. The molecule has 1 fully saturated rings. The molecule has 0 atom stereocenters. The molecule has 3 heterocycles. The molecule has 1 aliphatic carbocycles. The van der Waals surface area contributed by atoms with Gasteiger partial charge in [-0.15, -0.1) is 15.3 Å². The molecule has 3 aromatic rings. The number of aromatic nitrogens is 4. The summed E-state index contributed by atoms with van der Waals surface area (Å²) < 4.78 is 7.01. The third-order valence-corrected chi connectivity index (χ3v) is 4.90. The molecule has 0 spiro atoms. The van der Waals surface area contributed by atoms with Gasteiger partial charge in [-0.3, -0.25) is 4.79 Å². The Morgan fingerprint density at radius 2 is 2.07 bits per heavy atom. The fourth-order valence-electron chi connectivity index (χ4n) is 3.45. The number of aryl methyl sites for hydroxylation is 1. The zero-order chi connectivity index (χ0) is 18.5. The first-order chi connectivity index (χ1) is 13.3. The van der Waals surface area contributed by atoms with Crippen molar-refractivity contribution in [2.24, 2.45) is 0 Å². The Balaban J connectivity index is 1.36. The van der Waals surface area contributed by atoms with Gasteiger partial charge in [-0.2, -0.15) is 4.52 Å². The molecule has 8 heteroatoms. The van der Waals surface area contributed by atoms with Crippen LogP contribution in [0.15, 0.2) is 34.9 Å². The van der Waals surface area contributed by atoms with Gasteiger partial charge in [-0.05, 0) is 37.1 Å². The van der Waals surface area contributed by atoms with Crippen LogP contribution in [0.5, 0.6) is 0 Å². The summed E-state index contributed by atoms with van der Waals surface area (Å²) in [6.07, 6.45) is 8.41. The first-order valence-corrected chi connectivity index (χ1v) is 9.55. The van der Waals surface area contributed by atoms with Crippen LogP contribution in [0.4, 0.5) is 5.82 Å². The average molecular weight is 368 g/mol. The lowest BCUT2D eigenvalue weighted by Gasteiger charge is -2.22. The van der Waals surface area contributed by atoms with Crippen LogP contribution in [0.2, 0.25) is 0 Å². The summed E-state index contributed by atoms with van der Waals surface area (Å²) in [4.78, 5) is 12.2. The van der Waals surface area contributed by atoms with Gasteiger partial charge in [0.15, 0.2) is 11.5 Å². The molecule has 0 unspecified atom stereocenters. The minimum absolute atomic E-state index is 0.0748. The highest BCUT2D eigenvalue weighted by Gasteiger charge is 2.16. The van der Waals surface area contributed by atoms with Crippen molar-refractivity contribution in [3.8, 4) is 0 Å². The normalized spacial score (nSPS) is 15.1. The van der Waals surface area contributed by atoms with Gasteiger partial charge < -0.3 is 15.1 Å². The number of nitrogens with one attached hydrogen (secondary N) is 2. The molecule has 3 aromatic heterocycles. The molecule has 4 rings (SSSR count). The lowest BCUT2D eigenvalue weighted by atomic mass is 9.95. The van der Waals surface area contributed by atoms with Gasteiger partial charge in [0, 0.05) is 18.9 Å². The second-order valence-electron chi connectivity index (χ2n) is 6.94. The van der Waals surface area contributed by atoms with Crippen LogP contribution in [-0.4, -0.2) is 31.8 Å². The minimum Gasteiger partial charge on any atom is -0.467 e. The van der Waals surface area contributed by atoms with Crippen LogP contribution in [-0.2, 0) is 17.8 Å². The molecule has 0 bridgehead atoms. The van der Waals surface area contributed by atoms with E-state index < -0.39 is 0 Å². The van der Waals surface area contributed by atoms with E-state index in [-0.39, 0.29) is 5.91 Å². The van der Waals surface area contributed by atoms with Crippen LogP contribution >= 0.6 is 0 Å². The number of carbonyl (C=O) groups excluding carboxylic acids is 1. The third-order valence-electron chi connectivity index (χ3n) is 4.90. The van der Waals surface area contributed by atoms with E-state index in [9.17, 15) is 4.79 Å². The maximum Gasteiger partial charge on any atom is 0.220 e. The summed E-state index contributed by atoms with van der Waals surface area (Å²) in [5.74, 6) is 2.29. The van der Waals surface area contributed by atoms with Crippen molar-refractivity contribution in [1.82, 2.24) is 25.1 Å². The average Bonchev–Trinajstić information content (AvgIpc) is 3.35. The van der Waals surface area contributed by atoms with Gasteiger partial charge in [0.1, 0.15) is 11.6 Å². The van der Waals surface area contributed by atoms with Gasteiger partial charge in [-0.1, -0.05) is 19.3 Å². The number of fused-ring (bicyclic) bond motifs is 1. The van der Waals surface area contributed by atoms with Gasteiger partial charge in [0.25, 0.3) is 0 Å². The number of hydrogen-bond acceptors (Lipinski definition) is 6. The highest BCUT2D eigenvalue weighted by atomic mass is 16.3. The molecule has 1 amide bonds.